The van der Waals surface area contributed by atoms with Crippen LogP contribution in [-0.4, -0.2) is 35.7 Å². The third-order valence-electron chi connectivity index (χ3n) is 4.72. The van der Waals surface area contributed by atoms with E-state index in [1.807, 2.05) is 30.3 Å². The molecular formula is C21H24FN3O2S. The van der Waals surface area contributed by atoms with Gasteiger partial charge in [-0.1, -0.05) is 54.2 Å². The summed E-state index contributed by atoms with van der Waals surface area (Å²) in [5.41, 5.74) is 7.37. The number of hydrogen-bond donors (Lipinski definition) is 1. The number of carbonyl (C=O) groups excluding carboxylic acids is 1. The standard InChI is InChI=1S/C21H24FN3O2S/c1-15(27-2)20(26)25-21(12-7-13-23,17-9-4-3-5-10-17)28-19(24-25)16-8-6-11-18(22)14-16/h3-6,8-11,14-15H,7,12-13,23H2,1-2H3/t15-,21-/m0/s1. The van der Waals surface area contributed by atoms with Crippen LogP contribution in [0.5, 0.6) is 0 Å². The van der Waals surface area contributed by atoms with E-state index in [1.165, 1.54) is 36.0 Å². The molecule has 2 aromatic carbocycles. The maximum atomic E-state index is 13.8. The topological polar surface area (TPSA) is 67.9 Å². The van der Waals surface area contributed by atoms with E-state index >= 15 is 0 Å². The summed E-state index contributed by atoms with van der Waals surface area (Å²) in [7, 11) is 1.49. The molecule has 0 aliphatic carbocycles. The molecule has 0 bridgehead atoms. The average molecular weight is 402 g/mol. The number of amides is 1. The van der Waals surface area contributed by atoms with Crippen LogP contribution in [-0.2, 0) is 14.4 Å². The van der Waals surface area contributed by atoms with Gasteiger partial charge in [0, 0.05) is 12.7 Å². The van der Waals surface area contributed by atoms with E-state index < -0.39 is 11.0 Å². The van der Waals surface area contributed by atoms with E-state index in [9.17, 15) is 9.18 Å². The van der Waals surface area contributed by atoms with Crippen LogP contribution in [0.25, 0.3) is 0 Å². The zero-order valence-corrected chi connectivity index (χ0v) is 16.8. The molecule has 148 valence electrons. The first-order valence-electron chi connectivity index (χ1n) is 9.18. The zero-order valence-electron chi connectivity index (χ0n) is 16.0. The smallest absolute Gasteiger partial charge is 0.273 e. The van der Waals surface area contributed by atoms with Gasteiger partial charge in [-0.2, -0.15) is 5.10 Å². The molecule has 1 aliphatic rings. The average Bonchev–Trinajstić information content (AvgIpc) is 3.12. The highest BCUT2D eigenvalue weighted by Crippen LogP contribution is 2.50. The maximum Gasteiger partial charge on any atom is 0.273 e. The second-order valence-electron chi connectivity index (χ2n) is 6.59. The van der Waals surface area contributed by atoms with Gasteiger partial charge in [0.1, 0.15) is 21.8 Å². The van der Waals surface area contributed by atoms with Crippen molar-refractivity contribution in [2.24, 2.45) is 10.8 Å². The van der Waals surface area contributed by atoms with Crippen molar-refractivity contribution in [1.82, 2.24) is 5.01 Å². The SMILES string of the molecule is CO[C@@H](C)C(=O)N1N=C(c2cccc(F)c2)S[C@@]1(CCCN)c1ccccc1. The first kappa shape index (κ1) is 20.5. The fraction of sp³-hybridized carbons (Fsp3) is 0.333. The Morgan fingerprint density at radius 2 is 2.04 bits per heavy atom. The quantitative estimate of drug-likeness (QED) is 0.768. The van der Waals surface area contributed by atoms with Gasteiger partial charge in [-0.3, -0.25) is 4.79 Å². The normalized spacial score (nSPS) is 20.1. The Bertz CT molecular complexity index is 862. The Hall–Kier alpha value is -2.22. The number of methoxy groups -OCH3 is 1. The molecule has 0 spiro atoms. The van der Waals surface area contributed by atoms with Crippen LogP contribution in [0.1, 0.15) is 30.9 Å². The van der Waals surface area contributed by atoms with Crippen LogP contribution in [0.15, 0.2) is 59.7 Å². The Kier molecular flexibility index (Phi) is 6.49. The highest BCUT2D eigenvalue weighted by Gasteiger charge is 2.49. The molecule has 0 unspecified atom stereocenters. The molecule has 1 aliphatic heterocycles. The summed E-state index contributed by atoms with van der Waals surface area (Å²) in [6.07, 6.45) is 0.666. The predicted octanol–water partition coefficient (Wildman–Crippen LogP) is 3.69. The summed E-state index contributed by atoms with van der Waals surface area (Å²) in [6, 6.07) is 16.0. The highest BCUT2D eigenvalue weighted by atomic mass is 32.2. The second-order valence-corrected chi connectivity index (χ2v) is 7.85. The molecule has 7 heteroatoms. The third-order valence-corrected chi connectivity index (χ3v) is 6.19. The van der Waals surface area contributed by atoms with Crippen LogP contribution in [0.2, 0.25) is 0 Å². The minimum atomic E-state index is -0.758. The van der Waals surface area contributed by atoms with Crippen LogP contribution >= 0.6 is 11.8 Å². The Morgan fingerprint density at radius 3 is 2.68 bits per heavy atom. The molecule has 2 atom stereocenters. The molecule has 2 N–H and O–H groups in total. The van der Waals surface area contributed by atoms with Crippen molar-refractivity contribution in [3.05, 3.63) is 71.5 Å². The molecule has 1 heterocycles. The minimum Gasteiger partial charge on any atom is -0.372 e. The number of nitrogens with two attached hydrogens (primary N) is 1. The molecule has 0 radical (unpaired) electrons. The fourth-order valence-electron chi connectivity index (χ4n) is 3.16. The lowest BCUT2D eigenvalue weighted by atomic mass is 10.00. The minimum absolute atomic E-state index is 0.248. The van der Waals surface area contributed by atoms with Gasteiger partial charge in [-0.05, 0) is 44.0 Å². The number of hydrogen-bond acceptors (Lipinski definition) is 5. The molecule has 0 saturated heterocycles. The second kappa shape index (κ2) is 8.86. The largest absolute Gasteiger partial charge is 0.372 e. The summed E-state index contributed by atoms with van der Waals surface area (Å²) < 4.78 is 19.1. The van der Waals surface area contributed by atoms with Crippen molar-refractivity contribution in [3.8, 4) is 0 Å². The van der Waals surface area contributed by atoms with Gasteiger partial charge in [0.2, 0.25) is 0 Å². The van der Waals surface area contributed by atoms with Crippen molar-refractivity contribution in [1.29, 1.82) is 0 Å². The summed E-state index contributed by atoms with van der Waals surface area (Å²) in [4.78, 5) is 12.4. The number of benzene rings is 2. The summed E-state index contributed by atoms with van der Waals surface area (Å²) in [6.45, 7) is 2.19. The van der Waals surface area contributed by atoms with E-state index in [1.54, 1.807) is 19.1 Å². The molecule has 0 aromatic heterocycles. The summed E-state index contributed by atoms with van der Waals surface area (Å²) in [5, 5.41) is 6.72. The predicted molar refractivity (Wildman–Crippen MR) is 110 cm³/mol. The molecule has 0 fully saturated rings. The molecular weight excluding hydrogens is 377 g/mol. The number of rotatable bonds is 7. The summed E-state index contributed by atoms with van der Waals surface area (Å²) in [5.74, 6) is -0.592. The number of nitrogens with zero attached hydrogens (tertiary/aromatic N) is 2. The van der Waals surface area contributed by atoms with Gasteiger partial charge >= 0.3 is 0 Å². The first-order chi connectivity index (χ1) is 13.5. The van der Waals surface area contributed by atoms with Gasteiger partial charge in [-0.25, -0.2) is 9.40 Å². The summed E-state index contributed by atoms with van der Waals surface area (Å²) >= 11 is 1.45. The van der Waals surface area contributed by atoms with E-state index in [0.29, 0.717) is 30.0 Å². The van der Waals surface area contributed by atoms with Crippen LogP contribution in [0, 0.1) is 5.82 Å². The van der Waals surface area contributed by atoms with Crippen LogP contribution in [0.4, 0.5) is 4.39 Å². The number of ether oxygens (including phenoxy) is 1. The molecule has 1 amide bonds. The number of carbonyl (C=O) groups is 1. The van der Waals surface area contributed by atoms with Crippen molar-refractivity contribution in [3.63, 3.8) is 0 Å². The monoisotopic (exact) mass is 401 g/mol. The molecule has 5 nitrogen and oxygen atoms in total. The lowest BCUT2D eigenvalue weighted by molar-refractivity contribution is -0.144. The Labute approximate surface area is 168 Å². The van der Waals surface area contributed by atoms with E-state index in [2.05, 4.69) is 5.10 Å². The Morgan fingerprint density at radius 1 is 1.29 bits per heavy atom. The van der Waals surface area contributed by atoms with Crippen molar-refractivity contribution < 1.29 is 13.9 Å². The fourth-order valence-corrected chi connectivity index (χ4v) is 4.56. The maximum absolute atomic E-state index is 13.8. The molecule has 3 rings (SSSR count). The first-order valence-corrected chi connectivity index (χ1v) is 9.99. The van der Waals surface area contributed by atoms with Gasteiger partial charge in [0.25, 0.3) is 5.91 Å². The van der Waals surface area contributed by atoms with Crippen LogP contribution in [0.3, 0.4) is 0 Å². The van der Waals surface area contributed by atoms with Gasteiger partial charge in [-0.15, -0.1) is 0 Å². The van der Waals surface area contributed by atoms with Crippen molar-refractivity contribution >= 4 is 22.7 Å². The van der Waals surface area contributed by atoms with E-state index in [0.717, 1.165) is 5.56 Å². The van der Waals surface area contributed by atoms with E-state index in [-0.39, 0.29) is 11.7 Å². The van der Waals surface area contributed by atoms with E-state index in [4.69, 9.17) is 10.5 Å². The molecule has 0 saturated carbocycles. The van der Waals surface area contributed by atoms with Gasteiger partial charge < -0.3 is 10.5 Å². The van der Waals surface area contributed by atoms with Gasteiger partial charge in [0.15, 0.2) is 0 Å². The van der Waals surface area contributed by atoms with Gasteiger partial charge in [0.05, 0.1) is 0 Å². The number of hydrazone groups is 1. The highest BCUT2D eigenvalue weighted by molar-refractivity contribution is 8.15. The Balaban J connectivity index is 2.11. The zero-order chi connectivity index (χ0) is 20.1. The van der Waals surface area contributed by atoms with Crippen molar-refractivity contribution in [2.75, 3.05) is 13.7 Å². The lowest BCUT2D eigenvalue weighted by Gasteiger charge is -2.36. The third kappa shape index (κ3) is 3.97. The number of thioether (sulfide) groups is 1. The number of halogens is 1. The van der Waals surface area contributed by atoms with Crippen molar-refractivity contribution in [2.45, 2.75) is 30.7 Å². The molecule has 2 aromatic rings. The van der Waals surface area contributed by atoms with Crippen LogP contribution < -0.4 is 5.73 Å². The molecule has 28 heavy (non-hydrogen) atoms. The lowest BCUT2D eigenvalue weighted by Crippen LogP contribution is -2.46.